The van der Waals surface area contributed by atoms with Crippen LogP contribution in [0.5, 0.6) is 0 Å². The molecule has 1 aromatic rings. The molecule has 8 heteroatoms. The van der Waals surface area contributed by atoms with E-state index in [1.807, 2.05) is 18.2 Å². The lowest BCUT2D eigenvalue weighted by atomic mass is 10.1. The van der Waals surface area contributed by atoms with Gasteiger partial charge >= 0.3 is 8.20 Å². The lowest BCUT2D eigenvalue weighted by Gasteiger charge is -2.03. The zero-order chi connectivity index (χ0) is 19.1. The second kappa shape index (κ2) is 15.9. The zero-order valence-corrected chi connectivity index (χ0v) is 17.0. The highest BCUT2D eigenvalue weighted by molar-refractivity contribution is 8.76. The molecular formula is C17H28NO4PS2. The van der Waals surface area contributed by atoms with Crippen LogP contribution in [0.1, 0.15) is 57.8 Å². The molecule has 0 saturated heterocycles. The molecule has 1 N–H and O–H groups in total. The Morgan fingerprint density at radius 3 is 2.56 bits per heavy atom. The number of nitrogens with zero attached hydrogens (tertiary/aromatic N) is 1. The van der Waals surface area contributed by atoms with E-state index in [1.54, 1.807) is 27.8 Å². The third-order valence-corrected chi connectivity index (χ3v) is 6.22. The number of unbranched alkanes of at least 4 members (excludes halogenated alkanes) is 6. The number of ketones is 1. The maximum Gasteiger partial charge on any atom is 0.316 e. The van der Waals surface area contributed by atoms with Gasteiger partial charge in [-0.15, -0.1) is 0 Å². The molecule has 0 bridgehead atoms. The Morgan fingerprint density at radius 2 is 1.88 bits per heavy atom. The van der Waals surface area contributed by atoms with Gasteiger partial charge in [-0.25, -0.2) is 4.98 Å². The third kappa shape index (κ3) is 14.5. The fourth-order valence-corrected chi connectivity index (χ4v) is 4.43. The monoisotopic (exact) mass is 407 g/mol. The summed E-state index contributed by atoms with van der Waals surface area (Å²) in [5.74, 6) is 1.15. The van der Waals surface area contributed by atoms with Crippen LogP contribution in [-0.4, -0.2) is 29.3 Å². The number of rotatable bonds is 16. The van der Waals surface area contributed by atoms with E-state index in [-0.39, 0.29) is 6.61 Å². The van der Waals surface area contributed by atoms with Crippen LogP contribution in [0.15, 0.2) is 29.4 Å². The van der Waals surface area contributed by atoms with Crippen molar-refractivity contribution in [2.75, 3.05) is 12.4 Å². The average molecular weight is 408 g/mol. The predicted molar refractivity (Wildman–Crippen MR) is 106 cm³/mol. The highest BCUT2D eigenvalue weighted by atomic mass is 33.1. The minimum Gasteiger partial charge on any atom is -0.326 e. The Labute approximate surface area is 160 Å². The summed E-state index contributed by atoms with van der Waals surface area (Å²) in [4.78, 5) is 24.7. The number of Topliss-reactive ketones (excluding diaryl/α,β-unsaturated/α-hetero) is 1. The van der Waals surface area contributed by atoms with Crippen molar-refractivity contribution in [3.05, 3.63) is 24.4 Å². The van der Waals surface area contributed by atoms with Crippen molar-refractivity contribution >= 4 is 35.6 Å². The van der Waals surface area contributed by atoms with Gasteiger partial charge in [0.15, 0.2) is 1.28 Å². The molecule has 1 unspecified atom stereocenters. The normalized spacial score (nSPS) is 14.0. The second-order valence-electron chi connectivity index (χ2n) is 5.66. The summed E-state index contributed by atoms with van der Waals surface area (Å²) in [5, 5.41) is 0.974. The van der Waals surface area contributed by atoms with Crippen LogP contribution in [0.4, 0.5) is 0 Å². The van der Waals surface area contributed by atoms with Crippen molar-refractivity contribution in [2.45, 2.75) is 62.8 Å². The van der Waals surface area contributed by atoms with Gasteiger partial charge in [-0.05, 0) is 35.8 Å². The summed E-state index contributed by atoms with van der Waals surface area (Å²) in [7, 11) is -0.778. The summed E-state index contributed by atoms with van der Waals surface area (Å²) in [5.41, 5.74) is 0. The highest BCUT2D eigenvalue weighted by Crippen LogP contribution is 2.29. The molecule has 1 heterocycles. The van der Waals surface area contributed by atoms with Crippen molar-refractivity contribution in [3.8, 4) is 0 Å². The van der Waals surface area contributed by atoms with E-state index in [4.69, 9.17) is 6.17 Å². The van der Waals surface area contributed by atoms with Gasteiger partial charge in [-0.1, -0.05) is 49.0 Å². The van der Waals surface area contributed by atoms with Gasteiger partial charge in [0, 0.05) is 24.8 Å². The number of aromatic nitrogens is 1. The van der Waals surface area contributed by atoms with Crippen molar-refractivity contribution in [1.82, 2.24) is 4.98 Å². The molecule has 142 valence electrons. The van der Waals surface area contributed by atoms with Crippen LogP contribution in [0.3, 0.4) is 0 Å². The molecule has 1 atom stereocenters. The van der Waals surface area contributed by atoms with Crippen molar-refractivity contribution in [3.63, 3.8) is 0 Å². The molecule has 0 aliphatic carbocycles. The molecule has 5 nitrogen and oxygen atoms in total. The minimum absolute atomic E-state index is 0.169. The maximum absolute atomic E-state index is 11.8. The van der Waals surface area contributed by atoms with Crippen molar-refractivity contribution in [1.29, 1.82) is 1.28 Å². The number of hydrogen-bond acceptors (Lipinski definition) is 6. The van der Waals surface area contributed by atoms with Crippen LogP contribution >= 0.6 is 29.8 Å². The fraction of sp³-hybridized carbons (Fsp3) is 0.647. The van der Waals surface area contributed by atoms with Gasteiger partial charge < -0.3 is 9.42 Å². The third-order valence-electron chi connectivity index (χ3n) is 3.55. The van der Waals surface area contributed by atoms with Gasteiger partial charge in [0.05, 0.1) is 6.61 Å². The van der Waals surface area contributed by atoms with E-state index in [0.29, 0.717) is 25.0 Å². The first kappa shape index (κ1) is 21.0. The first-order valence-corrected chi connectivity index (χ1v) is 12.1. The van der Waals surface area contributed by atoms with Crippen molar-refractivity contribution in [2.24, 2.45) is 0 Å². The van der Waals surface area contributed by atoms with E-state index in [2.05, 4.69) is 9.51 Å². The lowest BCUT2D eigenvalue weighted by Crippen LogP contribution is -1.98. The molecule has 0 fully saturated rings. The molecule has 0 spiro atoms. The molecule has 1 aromatic heterocycles. The molecule has 0 aliphatic heterocycles. The Morgan fingerprint density at radius 1 is 1.16 bits per heavy atom. The standard InChI is InChI=1S/C17H28NO4PS2/c19-16(12-15-24-25-17-11-7-8-13-18-17)10-6-4-2-1-3-5-9-14-22-23(20)21/h7-8,11,13,23H,1-6,9-10,12,14-15H2,(H,20,21)/i23T. The van der Waals surface area contributed by atoms with Crippen LogP contribution in [0, 0.1) is 0 Å². The van der Waals surface area contributed by atoms with Gasteiger partial charge in [-0.2, -0.15) is 0 Å². The van der Waals surface area contributed by atoms with Gasteiger partial charge in [-0.3, -0.25) is 9.36 Å². The molecule has 25 heavy (non-hydrogen) atoms. The number of carbonyl (C=O) groups excluding carboxylic acids is 1. The Kier molecular flexibility index (Phi) is 13.3. The van der Waals surface area contributed by atoms with Gasteiger partial charge in [0.25, 0.3) is 0 Å². The van der Waals surface area contributed by atoms with E-state index in [0.717, 1.165) is 49.3 Å². The SMILES string of the molecule is [3H]P(=O)(O)OCCCCCCCCCC(=O)CCSSc1ccccn1. The van der Waals surface area contributed by atoms with Crippen LogP contribution in [0.25, 0.3) is 0 Å². The summed E-state index contributed by atoms with van der Waals surface area (Å²) in [6.07, 6.45) is 9.97. The summed E-state index contributed by atoms with van der Waals surface area (Å²) < 4.78 is 21.8. The molecule has 0 radical (unpaired) electrons. The first-order chi connectivity index (χ1) is 12.5. The number of pyridine rings is 1. The predicted octanol–water partition coefficient (Wildman–Crippen LogP) is 5.30. The number of carbonyl (C=O) groups is 1. The summed E-state index contributed by atoms with van der Waals surface area (Å²) in [6.45, 7) is 0.169. The topological polar surface area (TPSA) is 76.5 Å². The molecule has 0 aromatic carbocycles. The summed E-state index contributed by atoms with van der Waals surface area (Å²) in [6, 6.07) is 5.81. The highest BCUT2D eigenvalue weighted by Gasteiger charge is 2.03. The Balaban J connectivity index is 1.84. The first-order valence-electron chi connectivity index (χ1n) is 9.14. The Hall–Kier alpha value is -0.330. The van der Waals surface area contributed by atoms with Gasteiger partial charge in [0.2, 0.25) is 0 Å². The molecule has 0 amide bonds. The largest absolute Gasteiger partial charge is 0.326 e. The van der Waals surface area contributed by atoms with Crippen LogP contribution in [0.2, 0.25) is 0 Å². The smallest absolute Gasteiger partial charge is 0.316 e. The van der Waals surface area contributed by atoms with Crippen LogP contribution in [-0.2, 0) is 13.9 Å². The average Bonchev–Trinajstić information content (AvgIpc) is 2.60. The maximum atomic E-state index is 11.8. The molecular weight excluding hydrogens is 377 g/mol. The fourth-order valence-electron chi connectivity index (χ4n) is 2.23. The van der Waals surface area contributed by atoms with E-state index in [9.17, 15) is 9.36 Å². The van der Waals surface area contributed by atoms with Crippen molar-refractivity contribution < 1.29 is 18.8 Å². The zero-order valence-electron chi connectivity index (χ0n) is 15.5. The second-order valence-corrected chi connectivity index (χ2v) is 8.83. The summed E-state index contributed by atoms with van der Waals surface area (Å²) >= 11 is 0. The lowest BCUT2D eigenvalue weighted by molar-refractivity contribution is -0.118. The van der Waals surface area contributed by atoms with E-state index in [1.165, 1.54) is 0 Å². The number of hydrogen-bond donors (Lipinski definition) is 1. The minimum atomic E-state index is -4.06. The Bertz CT molecular complexity index is 545. The van der Waals surface area contributed by atoms with Gasteiger partial charge in [0.1, 0.15) is 10.8 Å². The molecule has 0 saturated carbocycles. The van der Waals surface area contributed by atoms with E-state index < -0.39 is 8.20 Å². The van der Waals surface area contributed by atoms with Crippen LogP contribution < -0.4 is 0 Å². The quantitative estimate of drug-likeness (QED) is 0.226. The van der Waals surface area contributed by atoms with E-state index >= 15 is 0 Å². The molecule has 1 rings (SSSR count). The molecule has 0 aliphatic rings.